The molecule has 1 aliphatic heterocycles. The van der Waals surface area contributed by atoms with E-state index in [-0.39, 0.29) is 24.3 Å². The molecule has 0 aliphatic carbocycles. The highest BCUT2D eigenvalue weighted by Crippen LogP contribution is 2.16. The molecule has 1 unspecified atom stereocenters. The van der Waals surface area contributed by atoms with Crippen molar-refractivity contribution in [2.75, 3.05) is 0 Å². The molecule has 0 spiro atoms. The minimum absolute atomic E-state index is 0.191. The van der Waals surface area contributed by atoms with Crippen molar-refractivity contribution in [2.24, 2.45) is 0 Å². The molecule has 1 saturated heterocycles. The first-order valence-electron chi connectivity index (χ1n) is 6.26. The number of nitrogens with one attached hydrogen (secondary N) is 1. The number of aryl methyl sites for hydroxylation is 1. The third-order valence-corrected chi connectivity index (χ3v) is 3.34. The second kappa shape index (κ2) is 4.52. The van der Waals surface area contributed by atoms with Gasteiger partial charge in [-0.2, -0.15) is 4.68 Å². The standard InChI is InChI=1S/C13H12N4O3/c1-7-2-3-9-8(6-7)13(20)17(16-15-9)10-4-5-11(18)14-12(10)19/h2-3,6,10H,4-5H2,1H3,(H,14,18,19). The van der Waals surface area contributed by atoms with Gasteiger partial charge in [0.15, 0.2) is 0 Å². The maximum absolute atomic E-state index is 12.4. The fourth-order valence-corrected chi connectivity index (χ4v) is 2.29. The SMILES string of the molecule is Cc1ccc2nnn(C3CCC(=O)NC3=O)c(=O)c2c1. The van der Waals surface area contributed by atoms with Crippen LogP contribution in [-0.4, -0.2) is 26.8 Å². The molecule has 20 heavy (non-hydrogen) atoms. The number of carbonyl (C=O) groups is 2. The highest BCUT2D eigenvalue weighted by molar-refractivity contribution is 5.99. The van der Waals surface area contributed by atoms with E-state index in [1.807, 2.05) is 13.0 Å². The van der Waals surface area contributed by atoms with Crippen LogP contribution in [0, 0.1) is 6.92 Å². The van der Waals surface area contributed by atoms with Gasteiger partial charge in [-0.3, -0.25) is 19.7 Å². The van der Waals surface area contributed by atoms with Crippen LogP contribution in [0.3, 0.4) is 0 Å². The second-order valence-corrected chi connectivity index (χ2v) is 4.83. The van der Waals surface area contributed by atoms with Crippen LogP contribution in [0.2, 0.25) is 0 Å². The first-order valence-corrected chi connectivity index (χ1v) is 6.26. The Hall–Kier alpha value is -2.57. The fraction of sp³-hybridized carbons (Fsp3) is 0.308. The van der Waals surface area contributed by atoms with Gasteiger partial charge in [-0.25, -0.2) is 0 Å². The van der Waals surface area contributed by atoms with Gasteiger partial charge in [0.1, 0.15) is 11.6 Å². The normalized spacial score (nSPS) is 19.1. The molecule has 2 amide bonds. The number of hydrogen-bond donors (Lipinski definition) is 1. The number of fused-ring (bicyclic) bond motifs is 1. The van der Waals surface area contributed by atoms with E-state index in [9.17, 15) is 14.4 Å². The Balaban J connectivity index is 2.13. The molecule has 1 aromatic heterocycles. The molecule has 1 aliphatic rings. The molecule has 102 valence electrons. The van der Waals surface area contributed by atoms with Gasteiger partial charge < -0.3 is 0 Å². The smallest absolute Gasteiger partial charge is 0.278 e. The predicted molar refractivity (Wildman–Crippen MR) is 70.0 cm³/mol. The zero-order chi connectivity index (χ0) is 14.3. The van der Waals surface area contributed by atoms with E-state index in [1.54, 1.807) is 12.1 Å². The number of amides is 2. The van der Waals surface area contributed by atoms with Crippen molar-refractivity contribution in [3.05, 3.63) is 34.1 Å². The quantitative estimate of drug-likeness (QED) is 0.742. The Bertz CT molecular complexity index is 781. The molecule has 1 atom stereocenters. The first-order chi connectivity index (χ1) is 9.56. The van der Waals surface area contributed by atoms with Crippen LogP contribution < -0.4 is 10.9 Å². The zero-order valence-electron chi connectivity index (χ0n) is 10.8. The monoisotopic (exact) mass is 272 g/mol. The van der Waals surface area contributed by atoms with E-state index >= 15 is 0 Å². The van der Waals surface area contributed by atoms with Crippen molar-refractivity contribution in [3.63, 3.8) is 0 Å². The number of piperidine rings is 1. The lowest BCUT2D eigenvalue weighted by molar-refractivity contribution is -0.136. The Morgan fingerprint density at radius 1 is 1.30 bits per heavy atom. The molecule has 0 saturated carbocycles. The summed E-state index contributed by atoms with van der Waals surface area (Å²) in [5.74, 6) is -0.839. The van der Waals surface area contributed by atoms with Crippen molar-refractivity contribution in [2.45, 2.75) is 25.8 Å². The van der Waals surface area contributed by atoms with Gasteiger partial charge in [-0.05, 0) is 25.5 Å². The Morgan fingerprint density at radius 2 is 2.10 bits per heavy atom. The molecule has 2 aromatic rings. The predicted octanol–water partition coefficient (Wildman–Crippen LogP) is 0.0776. The molecular formula is C13H12N4O3. The summed E-state index contributed by atoms with van der Waals surface area (Å²) >= 11 is 0. The van der Waals surface area contributed by atoms with Crippen molar-refractivity contribution < 1.29 is 9.59 Å². The van der Waals surface area contributed by atoms with E-state index < -0.39 is 11.9 Å². The minimum Gasteiger partial charge on any atom is -0.295 e. The van der Waals surface area contributed by atoms with Crippen molar-refractivity contribution in [3.8, 4) is 0 Å². The number of carbonyl (C=O) groups excluding carboxylic acids is 2. The average molecular weight is 272 g/mol. The lowest BCUT2D eigenvalue weighted by atomic mass is 10.1. The Kier molecular flexibility index (Phi) is 2.81. The lowest BCUT2D eigenvalue weighted by Gasteiger charge is -2.21. The van der Waals surface area contributed by atoms with E-state index in [0.717, 1.165) is 10.2 Å². The van der Waals surface area contributed by atoms with Crippen molar-refractivity contribution in [1.82, 2.24) is 20.3 Å². The summed E-state index contributed by atoms with van der Waals surface area (Å²) in [5.41, 5.74) is 1.05. The molecule has 0 radical (unpaired) electrons. The van der Waals surface area contributed by atoms with Crippen LogP contribution in [0.15, 0.2) is 23.0 Å². The second-order valence-electron chi connectivity index (χ2n) is 4.83. The van der Waals surface area contributed by atoms with E-state index in [1.165, 1.54) is 0 Å². The van der Waals surface area contributed by atoms with Crippen LogP contribution in [0.4, 0.5) is 0 Å². The van der Waals surface area contributed by atoms with Gasteiger partial charge in [0, 0.05) is 6.42 Å². The summed E-state index contributed by atoms with van der Waals surface area (Å²) < 4.78 is 1.06. The minimum atomic E-state index is -0.780. The van der Waals surface area contributed by atoms with Gasteiger partial charge in [0.25, 0.3) is 11.5 Å². The first kappa shape index (κ1) is 12.5. The average Bonchev–Trinajstić information content (AvgIpc) is 2.41. The largest absolute Gasteiger partial charge is 0.295 e. The van der Waals surface area contributed by atoms with Gasteiger partial charge >= 0.3 is 0 Å². The third kappa shape index (κ3) is 1.97. The van der Waals surface area contributed by atoms with E-state index in [0.29, 0.717) is 10.9 Å². The fourth-order valence-electron chi connectivity index (χ4n) is 2.29. The Morgan fingerprint density at radius 3 is 2.85 bits per heavy atom. The summed E-state index contributed by atoms with van der Waals surface area (Å²) in [6.07, 6.45) is 0.451. The number of rotatable bonds is 1. The molecule has 1 N–H and O–H groups in total. The molecule has 7 nitrogen and oxygen atoms in total. The van der Waals surface area contributed by atoms with Gasteiger partial charge in [0.05, 0.1) is 5.39 Å². The van der Waals surface area contributed by atoms with Crippen LogP contribution in [0.1, 0.15) is 24.4 Å². The number of imide groups is 1. The van der Waals surface area contributed by atoms with Crippen LogP contribution in [-0.2, 0) is 9.59 Å². The lowest BCUT2D eigenvalue weighted by Crippen LogP contribution is -2.45. The summed E-state index contributed by atoms with van der Waals surface area (Å²) in [7, 11) is 0. The van der Waals surface area contributed by atoms with Crippen LogP contribution in [0.5, 0.6) is 0 Å². The van der Waals surface area contributed by atoms with Crippen LogP contribution >= 0.6 is 0 Å². The molecule has 1 aromatic carbocycles. The number of nitrogens with zero attached hydrogens (tertiary/aromatic N) is 3. The molecular weight excluding hydrogens is 260 g/mol. The molecule has 2 heterocycles. The number of aromatic nitrogens is 3. The molecule has 0 bridgehead atoms. The van der Waals surface area contributed by atoms with Gasteiger partial charge in [-0.15, -0.1) is 5.10 Å². The van der Waals surface area contributed by atoms with Gasteiger partial charge in [0.2, 0.25) is 5.91 Å². The van der Waals surface area contributed by atoms with Crippen molar-refractivity contribution in [1.29, 1.82) is 0 Å². The van der Waals surface area contributed by atoms with E-state index in [4.69, 9.17) is 0 Å². The van der Waals surface area contributed by atoms with Crippen LogP contribution in [0.25, 0.3) is 10.9 Å². The molecule has 3 rings (SSSR count). The Labute approximate surface area is 113 Å². The summed E-state index contributed by atoms with van der Waals surface area (Å²) in [6.45, 7) is 1.87. The molecule has 1 fully saturated rings. The summed E-state index contributed by atoms with van der Waals surface area (Å²) in [6, 6.07) is 4.49. The van der Waals surface area contributed by atoms with Gasteiger partial charge in [-0.1, -0.05) is 16.8 Å². The van der Waals surface area contributed by atoms with E-state index in [2.05, 4.69) is 15.6 Å². The zero-order valence-corrected chi connectivity index (χ0v) is 10.8. The van der Waals surface area contributed by atoms with Crippen molar-refractivity contribution >= 4 is 22.7 Å². The number of benzene rings is 1. The highest BCUT2D eigenvalue weighted by Gasteiger charge is 2.30. The highest BCUT2D eigenvalue weighted by atomic mass is 16.2. The number of hydrogen-bond acceptors (Lipinski definition) is 5. The topological polar surface area (TPSA) is 93.9 Å². The third-order valence-electron chi connectivity index (χ3n) is 3.34. The maximum atomic E-state index is 12.4. The summed E-state index contributed by atoms with van der Waals surface area (Å²) in [5, 5.41) is 10.4. The molecule has 7 heteroatoms. The summed E-state index contributed by atoms with van der Waals surface area (Å²) in [4.78, 5) is 35.3. The maximum Gasteiger partial charge on any atom is 0.278 e.